The van der Waals surface area contributed by atoms with Gasteiger partial charge in [-0.2, -0.15) is 0 Å². The maximum absolute atomic E-state index is 11.1. The zero-order valence-electron chi connectivity index (χ0n) is 10.1. The Morgan fingerprint density at radius 2 is 1.80 bits per heavy atom. The first-order valence-electron chi connectivity index (χ1n) is 5.69. The van der Waals surface area contributed by atoms with Crippen LogP contribution in [0, 0.1) is 0 Å². The number of para-hydroxylation sites is 1. The molecule has 6 nitrogen and oxygen atoms in total. The van der Waals surface area contributed by atoms with E-state index in [1.807, 2.05) is 12.1 Å². The first-order valence-corrected chi connectivity index (χ1v) is 6.50. The monoisotopic (exact) mass is 284 g/mol. The first-order chi connectivity index (χ1) is 9.74. The molecular weight excluding hydrogens is 276 g/mol. The minimum atomic E-state index is -1.16. The molecule has 1 aromatic carbocycles. The molecule has 0 unspecified atom stereocenters. The quantitative estimate of drug-likeness (QED) is 0.583. The van der Waals surface area contributed by atoms with E-state index in [0.717, 1.165) is 5.39 Å². The summed E-state index contributed by atoms with van der Waals surface area (Å²) in [7, 11) is 0. The number of hydrogen-bond donors (Lipinski definition) is 1. The van der Waals surface area contributed by atoms with Gasteiger partial charge in [-0.3, -0.25) is 0 Å². The second-order valence-electron chi connectivity index (χ2n) is 3.81. The summed E-state index contributed by atoms with van der Waals surface area (Å²) in [5, 5.41) is 10.9. The molecule has 0 radical (unpaired) electrons. The normalized spacial score (nSPS) is 10.6. The smallest absolute Gasteiger partial charge is 0.373 e. The molecule has 20 heavy (non-hydrogen) atoms. The fraction of sp³-hybridized carbons (Fsp3) is 0. The van der Waals surface area contributed by atoms with E-state index in [4.69, 9.17) is 5.11 Å². The molecule has 0 amide bonds. The van der Waals surface area contributed by atoms with Crippen LogP contribution in [0.2, 0.25) is 0 Å². The number of fused-ring (bicyclic) bond motifs is 1. The Balaban J connectivity index is 2.15. The zero-order valence-corrected chi connectivity index (χ0v) is 10.9. The summed E-state index contributed by atoms with van der Waals surface area (Å²) in [5.41, 5.74) is 0.582. The van der Waals surface area contributed by atoms with Gasteiger partial charge in [0.15, 0.2) is 5.16 Å². The fourth-order valence-corrected chi connectivity index (χ4v) is 2.46. The molecule has 0 saturated carbocycles. The number of aromatic nitrogens is 4. The van der Waals surface area contributed by atoms with Crippen LogP contribution in [0.4, 0.5) is 0 Å². The van der Waals surface area contributed by atoms with E-state index >= 15 is 0 Å². The summed E-state index contributed by atoms with van der Waals surface area (Å²) < 4.78 is 0. The lowest BCUT2D eigenvalue weighted by Gasteiger charge is -2.05. The van der Waals surface area contributed by atoms with Crippen molar-refractivity contribution in [3.05, 3.63) is 48.5 Å². The molecule has 0 saturated heterocycles. The molecule has 0 spiro atoms. The van der Waals surface area contributed by atoms with Gasteiger partial charge in [0.05, 0.1) is 5.52 Å². The molecule has 1 N–H and O–H groups in total. The van der Waals surface area contributed by atoms with Crippen molar-refractivity contribution in [1.29, 1.82) is 0 Å². The number of carboxylic acids is 1. The van der Waals surface area contributed by atoms with E-state index in [9.17, 15) is 4.79 Å². The number of aromatic carboxylic acids is 1. The maximum atomic E-state index is 11.1. The molecular formula is C13H8N4O2S. The van der Waals surface area contributed by atoms with Crippen LogP contribution in [0.15, 0.2) is 52.9 Å². The predicted molar refractivity (Wildman–Crippen MR) is 72.7 cm³/mol. The Hall–Kier alpha value is -2.54. The van der Waals surface area contributed by atoms with Gasteiger partial charge >= 0.3 is 5.97 Å². The minimum Gasteiger partial charge on any atom is -0.475 e. The van der Waals surface area contributed by atoms with Crippen LogP contribution < -0.4 is 0 Å². The Kier molecular flexibility index (Phi) is 3.26. The van der Waals surface area contributed by atoms with Gasteiger partial charge in [0.2, 0.25) is 5.82 Å². The Morgan fingerprint density at radius 1 is 1.05 bits per heavy atom. The van der Waals surface area contributed by atoms with Crippen molar-refractivity contribution >= 4 is 28.6 Å². The largest absolute Gasteiger partial charge is 0.475 e. The molecule has 0 aliphatic heterocycles. The van der Waals surface area contributed by atoms with Gasteiger partial charge < -0.3 is 5.11 Å². The van der Waals surface area contributed by atoms with Crippen LogP contribution in [0.5, 0.6) is 0 Å². The van der Waals surface area contributed by atoms with Gasteiger partial charge in [-0.15, -0.1) is 0 Å². The van der Waals surface area contributed by atoms with Crippen molar-refractivity contribution in [1.82, 2.24) is 19.9 Å². The fourth-order valence-electron chi connectivity index (χ4n) is 1.65. The number of carboxylic acid groups (broad SMARTS) is 1. The third kappa shape index (κ3) is 2.43. The summed E-state index contributed by atoms with van der Waals surface area (Å²) in [6.07, 6.45) is 3.24. The van der Waals surface area contributed by atoms with Crippen LogP contribution in [0.25, 0.3) is 10.9 Å². The van der Waals surface area contributed by atoms with Gasteiger partial charge in [-0.05, 0) is 23.9 Å². The van der Waals surface area contributed by atoms with Gasteiger partial charge in [-0.1, -0.05) is 18.2 Å². The third-order valence-electron chi connectivity index (χ3n) is 2.49. The SMILES string of the molecule is O=C(O)c1nc(Sc2ncccn2)c2ccccc2n1. The number of nitrogens with zero attached hydrogens (tertiary/aromatic N) is 4. The average Bonchev–Trinajstić information content (AvgIpc) is 2.48. The molecule has 3 aromatic rings. The lowest BCUT2D eigenvalue weighted by molar-refractivity contribution is 0.0683. The lowest BCUT2D eigenvalue weighted by atomic mass is 10.2. The van der Waals surface area contributed by atoms with Gasteiger partial charge in [0, 0.05) is 17.8 Å². The third-order valence-corrected chi connectivity index (χ3v) is 3.39. The molecule has 98 valence electrons. The van der Waals surface area contributed by atoms with Gasteiger partial charge in [-0.25, -0.2) is 24.7 Å². The minimum absolute atomic E-state index is 0.234. The topological polar surface area (TPSA) is 88.9 Å². The zero-order chi connectivity index (χ0) is 13.9. The number of carbonyl (C=O) groups is 1. The molecule has 3 rings (SSSR count). The lowest BCUT2D eigenvalue weighted by Crippen LogP contribution is -2.05. The van der Waals surface area contributed by atoms with E-state index in [0.29, 0.717) is 15.7 Å². The van der Waals surface area contributed by atoms with Crippen LogP contribution >= 0.6 is 11.8 Å². The van der Waals surface area contributed by atoms with E-state index in [1.54, 1.807) is 30.6 Å². The van der Waals surface area contributed by atoms with Gasteiger partial charge in [0.1, 0.15) is 5.03 Å². The first kappa shape index (κ1) is 12.5. The maximum Gasteiger partial charge on any atom is 0.373 e. The molecule has 2 heterocycles. The molecule has 0 fully saturated rings. The Bertz CT molecular complexity index is 780. The summed E-state index contributed by atoms with van der Waals surface area (Å²) in [6.45, 7) is 0. The number of rotatable bonds is 3. The second-order valence-corrected chi connectivity index (χ2v) is 4.76. The van der Waals surface area contributed by atoms with Crippen molar-refractivity contribution in [3.63, 3.8) is 0 Å². The molecule has 0 aliphatic rings. The molecule has 2 aromatic heterocycles. The molecule has 0 aliphatic carbocycles. The summed E-state index contributed by atoms with van der Waals surface area (Å²) in [6, 6.07) is 8.95. The van der Waals surface area contributed by atoms with Crippen molar-refractivity contribution in [2.24, 2.45) is 0 Å². The summed E-state index contributed by atoms with van der Waals surface area (Å²) in [5.74, 6) is -1.39. The Morgan fingerprint density at radius 3 is 2.55 bits per heavy atom. The second kappa shape index (κ2) is 5.22. The highest BCUT2D eigenvalue weighted by atomic mass is 32.2. The summed E-state index contributed by atoms with van der Waals surface area (Å²) >= 11 is 1.21. The van der Waals surface area contributed by atoms with Crippen LogP contribution in [-0.2, 0) is 0 Å². The van der Waals surface area contributed by atoms with Crippen LogP contribution in [0.1, 0.15) is 10.6 Å². The van der Waals surface area contributed by atoms with E-state index in [2.05, 4.69) is 19.9 Å². The summed E-state index contributed by atoms with van der Waals surface area (Å²) in [4.78, 5) is 27.4. The van der Waals surface area contributed by atoms with E-state index in [-0.39, 0.29) is 5.82 Å². The van der Waals surface area contributed by atoms with E-state index in [1.165, 1.54) is 11.8 Å². The molecule has 0 bridgehead atoms. The van der Waals surface area contributed by atoms with Gasteiger partial charge in [0.25, 0.3) is 0 Å². The molecule has 0 atom stereocenters. The van der Waals surface area contributed by atoms with Crippen molar-refractivity contribution in [2.75, 3.05) is 0 Å². The van der Waals surface area contributed by atoms with Crippen molar-refractivity contribution < 1.29 is 9.90 Å². The molecule has 7 heteroatoms. The van der Waals surface area contributed by atoms with E-state index < -0.39 is 5.97 Å². The van der Waals surface area contributed by atoms with Crippen molar-refractivity contribution in [2.45, 2.75) is 10.2 Å². The standard InChI is InChI=1S/C13H8N4O2S/c18-12(19)10-16-9-5-2-1-4-8(9)11(17-10)20-13-14-6-3-7-15-13/h1-7H,(H,18,19). The highest BCUT2D eigenvalue weighted by molar-refractivity contribution is 7.99. The van der Waals surface area contributed by atoms with Crippen LogP contribution in [0.3, 0.4) is 0 Å². The Labute approximate surface area is 117 Å². The number of benzene rings is 1. The van der Waals surface area contributed by atoms with Crippen molar-refractivity contribution in [3.8, 4) is 0 Å². The predicted octanol–water partition coefficient (Wildman–Crippen LogP) is 2.27. The number of hydrogen-bond acceptors (Lipinski definition) is 6. The average molecular weight is 284 g/mol. The highest BCUT2D eigenvalue weighted by Gasteiger charge is 2.14. The van der Waals surface area contributed by atoms with Crippen LogP contribution in [-0.4, -0.2) is 31.0 Å². The highest BCUT2D eigenvalue weighted by Crippen LogP contribution is 2.28.